The standard InChI is InChI=1S/C21H22N2O3S2/c1-2-26-21(25)19-16-8-3-4-9-17(16)28-20(19)23-18(24)13-27-12-15-7-5-6-14(10-15)11-22/h5-7,10H,2-4,8-9,12-13H2,1H3,(H,23,24). The van der Waals surface area contributed by atoms with Crippen LogP contribution in [0.1, 0.15) is 51.7 Å². The molecule has 1 N–H and O–H groups in total. The van der Waals surface area contributed by atoms with Gasteiger partial charge in [-0.05, 0) is 55.9 Å². The summed E-state index contributed by atoms with van der Waals surface area (Å²) < 4.78 is 5.22. The van der Waals surface area contributed by atoms with E-state index in [1.807, 2.05) is 18.2 Å². The highest BCUT2D eigenvalue weighted by Crippen LogP contribution is 2.38. The van der Waals surface area contributed by atoms with Gasteiger partial charge >= 0.3 is 5.97 Å². The molecule has 5 nitrogen and oxygen atoms in total. The van der Waals surface area contributed by atoms with Crippen LogP contribution < -0.4 is 5.32 Å². The van der Waals surface area contributed by atoms with Gasteiger partial charge in [-0.2, -0.15) is 5.26 Å². The summed E-state index contributed by atoms with van der Waals surface area (Å²) in [5.74, 6) is 0.444. The summed E-state index contributed by atoms with van der Waals surface area (Å²) >= 11 is 2.98. The second kappa shape index (κ2) is 9.76. The number of fused-ring (bicyclic) bond motifs is 1. The molecule has 1 aromatic carbocycles. The minimum atomic E-state index is -0.349. The van der Waals surface area contributed by atoms with Crippen molar-refractivity contribution in [1.29, 1.82) is 5.26 Å². The number of nitrogens with zero attached hydrogens (tertiary/aromatic N) is 1. The third-order valence-corrected chi connectivity index (χ3v) is 6.67. The predicted molar refractivity (Wildman–Crippen MR) is 113 cm³/mol. The van der Waals surface area contributed by atoms with Crippen molar-refractivity contribution in [2.24, 2.45) is 0 Å². The van der Waals surface area contributed by atoms with E-state index < -0.39 is 0 Å². The Morgan fingerprint density at radius 1 is 1.32 bits per heavy atom. The van der Waals surface area contributed by atoms with Crippen LogP contribution in [0.3, 0.4) is 0 Å². The Morgan fingerprint density at radius 2 is 2.14 bits per heavy atom. The van der Waals surface area contributed by atoms with E-state index in [0.717, 1.165) is 36.8 Å². The number of ether oxygens (including phenoxy) is 1. The normalized spacial score (nSPS) is 12.7. The van der Waals surface area contributed by atoms with Crippen molar-refractivity contribution in [1.82, 2.24) is 0 Å². The molecule has 3 rings (SSSR count). The first-order chi connectivity index (χ1) is 13.6. The zero-order chi connectivity index (χ0) is 19.9. The Hall–Kier alpha value is -2.30. The van der Waals surface area contributed by atoms with Gasteiger partial charge in [-0.3, -0.25) is 4.79 Å². The Morgan fingerprint density at radius 3 is 2.93 bits per heavy atom. The van der Waals surface area contributed by atoms with Crippen LogP contribution in [-0.2, 0) is 28.1 Å². The molecule has 1 amide bonds. The summed E-state index contributed by atoms with van der Waals surface area (Å²) in [7, 11) is 0. The van der Waals surface area contributed by atoms with Crippen molar-refractivity contribution in [3.8, 4) is 6.07 Å². The third-order valence-electron chi connectivity index (χ3n) is 4.46. The lowest BCUT2D eigenvalue weighted by Gasteiger charge is -2.12. The SMILES string of the molecule is CCOC(=O)c1c(NC(=O)CSCc2cccc(C#N)c2)sc2c1CCCC2. The number of nitrogens with one attached hydrogen (secondary N) is 1. The summed E-state index contributed by atoms with van der Waals surface area (Å²) in [6.07, 6.45) is 3.98. The average Bonchev–Trinajstić information content (AvgIpc) is 3.06. The minimum absolute atomic E-state index is 0.134. The first-order valence-corrected chi connectivity index (χ1v) is 11.3. The Labute approximate surface area is 173 Å². The number of thiophene rings is 1. The molecule has 28 heavy (non-hydrogen) atoms. The topological polar surface area (TPSA) is 79.2 Å². The zero-order valence-corrected chi connectivity index (χ0v) is 17.4. The summed E-state index contributed by atoms with van der Waals surface area (Å²) in [4.78, 5) is 26.1. The van der Waals surface area contributed by atoms with Crippen molar-refractivity contribution in [2.45, 2.75) is 38.4 Å². The van der Waals surface area contributed by atoms with Crippen LogP contribution in [0.15, 0.2) is 24.3 Å². The molecule has 0 radical (unpaired) electrons. The van der Waals surface area contributed by atoms with E-state index in [9.17, 15) is 9.59 Å². The fraction of sp³-hybridized carbons (Fsp3) is 0.381. The molecule has 0 bridgehead atoms. The van der Waals surface area contributed by atoms with E-state index in [-0.39, 0.29) is 17.6 Å². The van der Waals surface area contributed by atoms with Gasteiger partial charge in [0.15, 0.2) is 0 Å². The molecule has 0 aliphatic heterocycles. The predicted octanol–water partition coefficient (Wildman–Crippen LogP) is 4.55. The molecule has 1 heterocycles. The lowest BCUT2D eigenvalue weighted by molar-refractivity contribution is -0.113. The van der Waals surface area contributed by atoms with E-state index in [4.69, 9.17) is 10.00 Å². The van der Waals surface area contributed by atoms with Crippen molar-refractivity contribution in [2.75, 3.05) is 17.7 Å². The number of carbonyl (C=O) groups excluding carboxylic acids is 2. The molecule has 1 aromatic heterocycles. The number of benzene rings is 1. The summed E-state index contributed by atoms with van der Waals surface area (Å²) in [6.45, 7) is 2.10. The minimum Gasteiger partial charge on any atom is -0.462 e. The van der Waals surface area contributed by atoms with Gasteiger partial charge in [0.2, 0.25) is 5.91 Å². The molecule has 1 aliphatic rings. The number of hydrogen-bond donors (Lipinski definition) is 1. The molecule has 1 aliphatic carbocycles. The average molecular weight is 415 g/mol. The largest absolute Gasteiger partial charge is 0.462 e. The fourth-order valence-electron chi connectivity index (χ4n) is 3.23. The van der Waals surface area contributed by atoms with Crippen LogP contribution in [0.4, 0.5) is 5.00 Å². The number of esters is 1. The fourth-order valence-corrected chi connectivity index (χ4v) is 5.30. The maximum absolute atomic E-state index is 12.4. The van der Waals surface area contributed by atoms with Gasteiger partial charge in [-0.15, -0.1) is 23.1 Å². The smallest absolute Gasteiger partial charge is 0.341 e. The number of carbonyl (C=O) groups is 2. The van der Waals surface area contributed by atoms with Crippen molar-refractivity contribution >= 4 is 40.0 Å². The van der Waals surface area contributed by atoms with E-state index in [2.05, 4.69) is 11.4 Å². The van der Waals surface area contributed by atoms with Crippen LogP contribution in [0.25, 0.3) is 0 Å². The quantitative estimate of drug-likeness (QED) is 0.673. The van der Waals surface area contributed by atoms with Gasteiger partial charge in [0, 0.05) is 10.6 Å². The summed E-state index contributed by atoms with van der Waals surface area (Å²) in [5.41, 5.74) is 3.22. The molecular formula is C21H22N2O3S2. The monoisotopic (exact) mass is 414 g/mol. The lowest BCUT2D eigenvalue weighted by atomic mass is 9.95. The van der Waals surface area contributed by atoms with Crippen LogP contribution in [0.2, 0.25) is 0 Å². The lowest BCUT2D eigenvalue weighted by Crippen LogP contribution is -2.17. The van der Waals surface area contributed by atoms with E-state index in [0.29, 0.717) is 28.5 Å². The highest BCUT2D eigenvalue weighted by molar-refractivity contribution is 7.99. The van der Waals surface area contributed by atoms with Crippen LogP contribution in [0.5, 0.6) is 0 Å². The van der Waals surface area contributed by atoms with Gasteiger partial charge in [-0.1, -0.05) is 12.1 Å². The first-order valence-electron chi connectivity index (χ1n) is 9.30. The van der Waals surface area contributed by atoms with Crippen LogP contribution in [0, 0.1) is 11.3 Å². The number of rotatable bonds is 7. The van der Waals surface area contributed by atoms with Gasteiger partial charge in [-0.25, -0.2) is 4.79 Å². The molecule has 0 fully saturated rings. The number of anilines is 1. The maximum Gasteiger partial charge on any atom is 0.341 e. The molecule has 7 heteroatoms. The molecule has 0 spiro atoms. The van der Waals surface area contributed by atoms with Gasteiger partial charge in [0.25, 0.3) is 0 Å². The number of amides is 1. The molecule has 0 unspecified atom stereocenters. The first kappa shape index (κ1) is 20.4. The van der Waals surface area contributed by atoms with E-state index >= 15 is 0 Å². The number of nitriles is 1. The third kappa shape index (κ3) is 4.94. The highest BCUT2D eigenvalue weighted by Gasteiger charge is 2.27. The van der Waals surface area contributed by atoms with Crippen molar-refractivity contribution in [3.05, 3.63) is 51.4 Å². The van der Waals surface area contributed by atoms with Crippen LogP contribution in [-0.4, -0.2) is 24.2 Å². The Bertz CT molecular complexity index is 915. The van der Waals surface area contributed by atoms with E-state index in [1.54, 1.807) is 13.0 Å². The number of hydrogen-bond acceptors (Lipinski definition) is 6. The van der Waals surface area contributed by atoms with Crippen molar-refractivity contribution < 1.29 is 14.3 Å². The van der Waals surface area contributed by atoms with Gasteiger partial charge in [0.1, 0.15) is 5.00 Å². The maximum atomic E-state index is 12.4. The molecule has 2 aromatic rings. The second-order valence-corrected chi connectivity index (χ2v) is 8.58. The highest BCUT2D eigenvalue weighted by atomic mass is 32.2. The molecule has 0 saturated carbocycles. The Kier molecular flexibility index (Phi) is 7.12. The number of aryl methyl sites for hydroxylation is 1. The van der Waals surface area contributed by atoms with Gasteiger partial charge in [0.05, 0.1) is 29.6 Å². The second-order valence-electron chi connectivity index (χ2n) is 6.49. The van der Waals surface area contributed by atoms with Crippen molar-refractivity contribution in [3.63, 3.8) is 0 Å². The molecule has 146 valence electrons. The Balaban J connectivity index is 1.64. The summed E-state index contributed by atoms with van der Waals surface area (Å²) in [5, 5.41) is 12.5. The van der Waals surface area contributed by atoms with E-state index in [1.165, 1.54) is 28.0 Å². The molecular weight excluding hydrogens is 392 g/mol. The van der Waals surface area contributed by atoms with Crippen LogP contribution >= 0.6 is 23.1 Å². The molecule has 0 atom stereocenters. The zero-order valence-electron chi connectivity index (χ0n) is 15.7. The number of thioether (sulfide) groups is 1. The molecule has 0 saturated heterocycles. The summed E-state index contributed by atoms with van der Waals surface area (Å²) in [6, 6.07) is 9.50. The van der Waals surface area contributed by atoms with Gasteiger partial charge < -0.3 is 10.1 Å².